The van der Waals surface area contributed by atoms with Gasteiger partial charge in [0.15, 0.2) is 11.9 Å². The molecule has 0 saturated carbocycles. The molecule has 10 heavy (non-hydrogen) atoms. The molecule has 0 spiro atoms. The SMILES string of the molecule is C=CC(=O)CC(O)C(=O)O. The lowest BCUT2D eigenvalue weighted by Gasteiger charge is -1.99. The van der Waals surface area contributed by atoms with Crippen molar-refractivity contribution in [2.75, 3.05) is 0 Å². The Hall–Kier alpha value is -1.16. The van der Waals surface area contributed by atoms with E-state index in [2.05, 4.69) is 6.58 Å². The largest absolute Gasteiger partial charge is 0.479 e. The number of carbonyl (C=O) groups is 2. The molecular formula is C6H8O4. The highest BCUT2D eigenvalue weighted by Crippen LogP contribution is 1.92. The summed E-state index contributed by atoms with van der Waals surface area (Å²) in [7, 11) is 0. The van der Waals surface area contributed by atoms with Crippen LogP contribution in [0, 0.1) is 0 Å². The van der Waals surface area contributed by atoms with E-state index in [4.69, 9.17) is 10.2 Å². The predicted molar refractivity (Wildman–Crippen MR) is 33.5 cm³/mol. The average molecular weight is 144 g/mol. The number of carboxylic acids is 1. The van der Waals surface area contributed by atoms with Crippen LogP contribution >= 0.6 is 0 Å². The molecule has 0 aliphatic carbocycles. The Balaban J connectivity index is 3.79. The summed E-state index contributed by atoms with van der Waals surface area (Å²) in [6.07, 6.45) is -1.03. The summed E-state index contributed by atoms with van der Waals surface area (Å²) in [6.45, 7) is 3.12. The number of carboxylic acid groups (broad SMARTS) is 1. The average Bonchev–Trinajstić information content (AvgIpc) is 1.87. The fourth-order valence-corrected chi connectivity index (χ4v) is 0.361. The number of ketones is 1. The van der Waals surface area contributed by atoms with Gasteiger partial charge in [0.25, 0.3) is 0 Å². The van der Waals surface area contributed by atoms with Gasteiger partial charge in [-0.1, -0.05) is 6.58 Å². The topological polar surface area (TPSA) is 74.6 Å². The van der Waals surface area contributed by atoms with E-state index in [0.29, 0.717) is 0 Å². The monoisotopic (exact) mass is 144 g/mol. The highest BCUT2D eigenvalue weighted by Gasteiger charge is 2.15. The number of aliphatic carboxylic acids is 1. The van der Waals surface area contributed by atoms with Gasteiger partial charge >= 0.3 is 5.97 Å². The van der Waals surface area contributed by atoms with Crippen molar-refractivity contribution in [3.63, 3.8) is 0 Å². The number of aliphatic hydroxyl groups is 1. The Kier molecular flexibility index (Phi) is 3.35. The summed E-state index contributed by atoms with van der Waals surface area (Å²) in [4.78, 5) is 20.3. The number of allylic oxidation sites excluding steroid dienone is 1. The molecule has 0 saturated heterocycles. The number of aliphatic hydroxyl groups excluding tert-OH is 1. The number of hydrogen-bond acceptors (Lipinski definition) is 3. The van der Waals surface area contributed by atoms with Crippen LogP contribution in [-0.2, 0) is 9.59 Å². The van der Waals surface area contributed by atoms with Gasteiger partial charge < -0.3 is 10.2 Å². The van der Waals surface area contributed by atoms with Crippen molar-refractivity contribution in [1.82, 2.24) is 0 Å². The van der Waals surface area contributed by atoms with E-state index in [1.165, 1.54) is 0 Å². The molecule has 0 bridgehead atoms. The molecule has 0 amide bonds. The van der Waals surface area contributed by atoms with Crippen LogP contribution in [0.3, 0.4) is 0 Å². The first-order valence-corrected chi connectivity index (χ1v) is 2.64. The summed E-state index contributed by atoms with van der Waals surface area (Å²) >= 11 is 0. The second-order valence-corrected chi connectivity index (χ2v) is 1.73. The number of carbonyl (C=O) groups excluding carboxylic acids is 1. The van der Waals surface area contributed by atoms with Crippen LogP contribution in [0.5, 0.6) is 0 Å². The van der Waals surface area contributed by atoms with Gasteiger partial charge in [-0.15, -0.1) is 0 Å². The first-order valence-electron chi connectivity index (χ1n) is 2.64. The van der Waals surface area contributed by atoms with Gasteiger partial charge in [0.05, 0.1) is 0 Å². The van der Waals surface area contributed by atoms with E-state index >= 15 is 0 Å². The summed E-state index contributed by atoms with van der Waals surface area (Å²) in [5.74, 6) is -1.87. The molecule has 4 heteroatoms. The molecular weight excluding hydrogens is 136 g/mol. The third kappa shape index (κ3) is 2.99. The highest BCUT2D eigenvalue weighted by molar-refractivity contribution is 5.92. The molecule has 0 rings (SSSR count). The van der Waals surface area contributed by atoms with Crippen LogP contribution in [0.25, 0.3) is 0 Å². The zero-order valence-corrected chi connectivity index (χ0v) is 5.28. The molecule has 0 aromatic carbocycles. The lowest BCUT2D eigenvalue weighted by atomic mass is 10.2. The van der Waals surface area contributed by atoms with E-state index < -0.39 is 24.3 Å². The van der Waals surface area contributed by atoms with Crippen molar-refractivity contribution in [1.29, 1.82) is 0 Å². The molecule has 1 unspecified atom stereocenters. The van der Waals surface area contributed by atoms with E-state index in [0.717, 1.165) is 6.08 Å². The van der Waals surface area contributed by atoms with Crippen LogP contribution in [0.1, 0.15) is 6.42 Å². The Morgan fingerprint density at radius 3 is 2.40 bits per heavy atom. The molecule has 0 aromatic heterocycles. The Morgan fingerprint density at radius 1 is 1.60 bits per heavy atom. The first kappa shape index (κ1) is 8.84. The number of hydrogen-bond donors (Lipinski definition) is 2. The minimum Gasteiger partial charge on any atom is -0.479 e. The molecule has 0 aliphatic heterocycles. The van der Waals surface area contributed by atoms with E-state index in [1.807, 2.05) is 0 Å². The van der Waals surface area contributed by atoms with Gasteiger partial charge in [0, 0.05) is 6.42 Å². The second kappa shape index (κ2) is 3.79. The minimum atomic E-state index is -1.61. The van der Waals surface area contributed by atoms with Gasteiger partial charge in [-0.3, -0.25) is 4.79 Å². The number of rotatable bonds is 4. The van der Waals surface area contributed by atoms with Crippen molar-refractivity contribution in [2.45, 2.75) is 12.5 Å². The third-order valence-electron chi connectivity index (χ3n) is 0.907. The Morgan fingerprint density at radius 2 is 2.10 bits per heavy atom. The van der Waals surface area contributed by atoms with Gasteiger partial charge in [0.2, 0.25) is 0 Å². The van der Waals surface area contributed by atoms with Gasteiger partial charge in [0.1, 0.15) is 0 Å². The molecule has 1 atom stereocenters. The minimum absolute atomic E-state index is 0.404. The van der Waals surface area contributed by atoms with Crippen LogP contribution in [-0.4, -0.2) is 28.1 Å². The molecule has 2 N–H and O–H groups in total. The van der Waals surface area contributed by atoms with E-state index in [1.54, 1.807) is 0 Å². The van der Waals surface area contributed by atoms with Crippen LogP contribution in [0.4, 0.5) is 0 Å². The smallest absolute Gasteiger partial charge is 0.332 e. The summed E-state index contributed by atoms with van der Waals surface area (Å²) in [5, 5.41) is 16.6. The predicted octanol–water partition coefficient (Wildman–Crippen LogP) is -0.423. The van der Waals surface area contributed by atoms with Crippen LogP contribution < -0.4 is 0 Å². The fourth-order valence-electron chi connectivity index (χ4n) is 0.361. The fraction of sp³-hybridized carbons (Fsp3) is 0.333. The standard InChI is InChI=1S/C6H8O4/c1-2-4(7)3-5(8)6(9)10/h2,5,8H,1,3H2,(H,9,10). The Bertz CT molecular complexity index is 161. The van der Waals surface area contributed by atoms with Crippen molar-refractivity contribution >= 4 is 11.8 Å². The van der Waals surface area contributed by atoms with E-state index in [9.17, 15) is 9.59 Å². The van der Waals surface area contributed by atoms with Gasteiger partial charge in [-0.25, -0.2) is 4.79 Å². The quantitative estimate of drug-likeness (QED) is 0.525. The molecule has 0 fully saturated rings. The van der Waals surface area contributed by atoms with Crippen molar-refractivity contribution in [3.05, 3.63) is 12.7 Å². The maximum Gasteiger partial charge on any atom is 0.332 e. The Labute approximate surface area is 57.8 Å². The van der Waals surface area contributed by atoms with Gasteiger partial charge in [-0.2, -0.15) is 0 Å². The molecule has 0 aromatic rings. The summed E-state index contributed by atoms with van der Waals surface area (Å²) < 4.78 is 0. The summed E-state index contributed by atoms with van der Waals surface area (Å²) in [5.41, 5.74) is 0. The lowest BCUT2D eigenvalue weighted by molar-refractivity contribution is -0.148. The normalized spacial score (nSPS) is 12.1. The zero-order valence-electron chi connectivity index (χ0n) is 5.28. The molecule has 0 aliphatic rings. The third-order valence-corrected chi connectivity index (χ3v) is 0.907. The van der Waals surface area contributed by atoms with Gasteiger partial charge in [-0.05, 0) is 6.08 Å². The van der Waals surface area contributed by atoms with Crippen LogP contribution in [0.15, 0.2) is 12.7 Å². The maximum atomic E-state index is 10.4. The molecule has 56 valence electrons. The first-order chi connectivity index (χ1) is 4.57. The van der Waals surface area contributed by atoms with Crippen LogP contribution in [0.2, 0.25) is 0 Å². The molecule has 0 radical (unpaired) electrons. The van der Waals surface area contributed by atoms with Crippen molar-refractivity contribution in [3.8, 4) is 0 Å². The lowest BCUT2D eigenvalue weighted by Crippen LogP contribution is -2.22. The maximum absolute atomic E-state index is 10.4. The zero-order chi connectivity index (χ0) is 8.15. The molecule has 0 heterocycles. The second-order valence-electron chi connectivity index (χ2n) is 1.73. The van der Waals surface area contributed by atoms with E-state index in [-0.39, 0.29) is 0 Å². The van der Waals surface area contributed by atoms with Crippen molar-refractivity contribution < 1.29 is 19.8 Å². The molecule has 4 nitrogen and oxygen atoms in total. The summed E-state index contributed by atoms with van der Waals surface area (Å²) in [6, 6.07) is 0. The highest BCUT2D eigenvalue weighted by atomic mass is 16.4. The van der Waals surface area contributed by atoms with Crippen molar-refractivity contribution in [2.24, 2.45) is 0 Å².